The van der Waals surface area contributed by atoms with E-state index >= 15 is 0 Å². The number of rotatable bonds is 3. The summed E-state index contributed by atoms with van der Waals surface area (Å²) in [6.07, 6.45) is 1.54. The van der Waals surface area contributed by atoms with Crippen LogP contribution >= 0.6 is 22.6 Å². The van der Waals surface area contributed by atoms with Gasteiger partial charge in [0.2, 0.25) is 10.0 Å². The van der Waals surface area contributed by atoms with Crippen LogP contribution in [0.1, 0.15) is 6.92 Å². The first-order valence-electron chi connectivity index (χ1n) is 3.98. The molecular formula is C8H8IN3O2S. The van der Waals surface area contributed by atoms with Gasteiger partial charge in [0.05, 0.1) is 6.07 Å². The monoisotopic (exact) mass is 337 g/mol. The first-order valence-corrected chi connectivity index (χ1v) is 6.61. The van der Waals surface area contributed by atoms with Crippen molar-refractivity contribution in [2.24, 2.45) is 0 Å². The number of sulfonamides is 1. The largest absolute Gasteiger partial charge is 0.266 e. The van der Waals surface area contributed by atoms with Crippen LogP contribution in [0.5, 0.6) is 0 Å². The first kappa shape index (κ1) is 12.2. The molecule has 1 aromatic heterocycles. The molecule has 0 aliphatic carbocycles. The summed E-state index contributed by atoms with van der Waals surface area (Å²) in [5, 5.41) is 7.40. The van der Waals surface area contributed by atoms with Crippen LogP contribution in [-0.2, 0) is 10.0 Å². The number of hydrogen-bond donors (Lipinski definition) is 1. The van der Waals surface area contributed by atoms with Crippen LogP contribution in [0, 0.1) is 14.9 Å². The number of nitrogens with zero attached hydrogens (tertiary/aromatic N) is 2. The molecular weight excluding hydrogens is 329 g/mol. The predicted molar refractivity (Wildman–Crippen MR) is 64.6 cm³/mol. The van der Waals surface area contributed by atoms with Crippen molar-refractivity contribution in [1.29, 1.82) is 5.26 Å². The molecule has 1 unspecified atom stereocenters. The highest BCUT2D eigenvalue weighted by Crippen LogP contribution is 2.10. The fourth-order valence-electron chi connectivity index (χ4n) is 0.740. The molecule has 0 bridgehead atoms. The second-order valence-corrected chi connectivity index (χ2v) is 6.03. The molecule has 5 nitrogen and oxygen atoms in total. The van der Waals surface area contributed by atoms with E-state index in [4.69, 9.17) is 5.26 Å². The number of hydrogen-bond acceptors (Lipinski definition) is 4. The Bertz CT molecular complexity index is 478. The lowest BCUT2D eigenvalue weighted by molar-refractivity contribution is 0.597. The molecule has 1 N–H and O–H groups in total. The second-order valence-electron chi connectivity index (χ2n) is 2.78. The maximum atomic E-state index is 11.4. The van der Waals surface area contributed by atoms with Gasteiger partial charge >= 0.3 is 0 Å². The Hall–Kier alpha value is -0.880. The summed E-state index contributed by atoms with van der Waals surface area (Å²) < 4.78 is 26.0. The van der Waals surface area contributed by atoms with Gasteiger partial charge < -0.3 is 0 Å². The Morgan fingerprint density at radius 1 is 1.60 bits per heavy atom. The molecule has 15 heavy (non-hydrogen) atoms. The van der Waals surface area contributed by atoms with E-state index in [0.29, 0.717) is 0 Å². The van der Waals surface area contributed by atoms with E-state index in [1.165, 1.54) is 13.1 Å². The van der Waals surface area contributed by atoms with Crippen molar-refractivity contribution < 1.29 is 8.42 Å². The molecule has 80 valence electrons. The van der Waals surface area contributed by atoms with E-state index in [-0.39, 0.29) is 5.82 Å². The Kier molecular flexibility index (Phi) is 3.87. The zero-order valence-corrected chi connectivity index (χ0v) is 10.8. The first-order chi connectivity index (χ1) is 6.95. The quantitative estimate of drug-likeness (QED) is 0.844. The Morgan fingerprint density at radius 3 is 2.73 bits per heavy atom. The molecule has 0 amide bonds. The number of halogens is 1. The van der Waals surface area contributed by atoms with Gasteiger partial charge in [0.1, 0.15) is 5.82 Å². The number of nitrogens with one attached hydrogen (secondary N) is 1. The predicted octanol–water partition coefficient (Wildman–Crippen LogP) is 1.34. The maximum Gasteiger partial charge on any atom is 0.250 e. The van der Waals surface area contributed by atoms with Gasteiger partial charge in [-0.15, -0.1) is 0 Å². The van der Waals surface area contributed by atoms with E-state index in [1.807, 2.05) is 0 Å². The summed E-state index contributed by atoms with van der Waals surface area (Å²) >= 11 is 2.06. The molecule has 0 saturated heterocycles. The third kappa shape index (κ3) is 3.32. The summed E-state index contributed by atoms with van der Waals surface area (Å²) in [6.45, 7) is 1.31. The van der Waals surface area contributed by atoms with Gasteiger partial charge in [-0.05, 0) is 41.6 Å². The minimum atomic E-state index is -3.65. The van der Waals surface area contributed by atoms with E-state index in [2.05, 4.69) is 32.3 Å². The zero-order valence-electron chi connectivity index (χ0n) is 7.81. The average molecular weight is 337 g/mol. The van der Waals surface area contributed by atoms with Crippen LogP contribution in [-0.4, -0.2) is 18.7 Å². The molecule has 0 aliphatic heterocycles. The molecule has 0 radical (unpaired) electrons. The molecule has 0 fully saturated rings. The fraction of sp³-hybridized carbons (Fsp3) is 0.250. The van der Waals surface area contributed by atoms with Gasteiger partial charge in [0, 0.05) is 9.77 Å². The summed E-state index contributed by atoms with van der Waals surface area (Å²) in [5.41, 5.74) is 0. The molecule has 0 aliphatic rings. The third-order valence-electron chi connectivity index (χ3n) is 1.62. The third-order valence-corrected chi connectivity index (χ3v) is 3.79. The van der Waals surface area contributed by atoms with Gasteiger partial charge in [-0.25, -0.2) is 13.4 Å². The molecule has 0 saturated carbocycles. The lowest BCUT2D eigenvalue weighted by atomic mass is 10.5. The SMILES string of the molecule is CC(C#N)S(=O)(=O)Nc1ccc(I)cn1. The number of nitriles is 1. The Balaban J connectivity index is 2.88. The van der Waals surface area contributed by atoms with Gasteiger partial charge in [-0.2, -0.15) is 5.26 Å². The molecule has 1 heterocycles. The van der Waals surface area contributed by atoms with E-state index < -0.39 is 15.3 Å². The minimum Gasteiger partial charge on any atom is -0.266 e. The van der Waals surface area contributed by atoms with Crippen LogP contribution < -0.4 is 4.72 Å². The van der Waals surface area contributed by atoms with Gasteiger partial charge in [-0.3, -0.25) is 4.72 Å². The van der Waals surface area contributed by atoms with Crippen molar-refractivity contribution in [3.8, 4) is 6.07 Å². The van der Waals surface area contributed by atoms with Crippen molar-refractivity contribution in [2.75, 3.05) is 4.72 Å². The van der Waals surface area contributed by atoms with E-state index in [0.717, 1.165) is 3.57 Å². The average Bonchev–Trinajstić information content (AvgIpc) is 2.20. The highest BCUT2D eigenvalue weighted by atomic mass is 127. The molecule has 0 aromatic carbocycles. The van der Waals surface area contributed by atoms with Gasteiger partial charge in [0.25, 0.3) is 0 Å². The van der Waals surface area contributed by atoms with E-state index in [1.54, 1.807) is 18.2 Å². The van der Waals surface area contributed by atoms with Crippen LogP contribution in [0.4, 0.5) is 5.82 Å². The molecule has 7 heteroatoms. The van der Waals surface area contributed by atoms with Crippen molar-refractivity contribution >= 4 is 38.4 Å². The van der Waals surface area contributed by atoms with Crippen molar-refractivity contribution in [3.05, 3.63) is 21.9 Å². The Morgan fingerprint density at radius 2 is 2.27 bits per heavy atom. The number of pyridine rings is 1. The lowest BCUT2D eigenvalue weighted by Crippen LogP contribution is -2.24. The summed E-state index contributed by atoms with van der Waals surface area (Å²) in [6, 6.07) is 4.93. The van der Waals surface area contributed by atoms with Crippen LogP contribution in [0.2, 0.25) is 0 Å². The van der Waals surface area contributed by atoms with Crippen LogP contribution in [0.25, 0.3) is 0 Å². The number of aromatic nitrogens is 1. The lowest BCUT2D eigenvalue weighted by Gasteiger charge is -2.07. The molecule has 0 spiro atoms. The summed E-state index contributed by atoms with van der Waals surface area (Å²) in [5.74, 6) is 0.220. The standard InChI is InChI=1S/C8H8IN3O2S/c1-6(4-10)15(13,14)12-8-3-2-7(9)5-11-8/h2-3,5-6H,1H3,(H,11,12). The minimum absolute atomic E-state index is 0.220. The molecule has 1 aromatic rings. The fourth-order valence-corrected chi connectivity index (χ4v) is 1.79. The van der Waals surface area contributed by atoms with Crippen LogP contribution in [0.3, 0.4) is 0 Å². The highest BCUT2D eigenvalue weighted by Gasteiger charge is 2.20. The zero-order chi connectivity index (χ0) is 11.5. The highest BCUT2D eigenvalue weighted by molar-refractivity contribution is 14.1. The van der Waals surface area contributed by atoms with Gasteiger partial charge in [0.15, 0.2) is 5.25 Å². The van der Waals surface area contributed by atoms with Crippen molar-refractivity contribution in [1.82, 2.24) is 4.98 Å². The normalized spacial score (nSPS) is 12.9. The Labute approximate surface area is 102 Å². The van der Waals surface area contributed by atoms with E-state index in [9.17, 15) is 8.42 Å². The second kappa shape index (κ2) is 4.76. The molecule has 1 rings (SSSR count). The smallest absolute Gasteiger partial charge is 0.250 e. The number of anilines is 1. The summed E-state index contributed by atoms with van der Waals surface area (Å²) in [7, 11) is -3.65. The van der Waals surface area contributed by atoms with Gasteiger partial charge in [-0.1, -0.05) is 0 Å². The van der Waals surface area contributed by atoms with Crippen molar-refractivity contribution in [3.63, 3.8) is 0 Å². The molecule has 1 atom stereocenters. The maximum absolute atomic E-state index is 11.4. The summed E-state index contributed by atoms with van der Waals surface area (Å²) in [4.78, 5) is 3.87. The van der Waals surface area contributed by atoms with Crippen LogP contribution in [0.15, 0.2) is 18.3 Å². The topological polar surface area (TPSA) is 82.8 Å². The van der Waals surface area contributed by atoms with Crippen molar-refractivity contribution in [2.45, 2.75) is 12.2 Å².